The highest BCUT2D eigenvalue weighted by molar-refractivity contribution is 6.03. The van der Waals surface area contributed by atoms with Crippen molar-refractivity contribution >= 4 is 44.3 Å². The zero-order valence-electron chi connectivity index (χ0n) is 22.0. The zero-order chi connectivity index (χ0) is 25.0. The first-order valence-electron chi connectivity index (χ1n) is 12.9. The minimum atomic E-state index is -0.111. The Kier molecular flexibility index (Phi) is 4.13. The fraction of sp³-hybridized carbons (Fsp3) is 0.235. The monoisotopic (exact) mass is 468 g/mol. The summed E-state index contributed by atoms with van der Waals surface area (Å²) in [7, 11) is 4.49. The molecule has 0 amide bonds. The number of fused-ring (bicyclic) bond motifs is 8. The van der Waals surface area contributed by atoms with Crippen LogP contribution in [-0.4, -0.2) is 14.1 Å². The molecule has 5 aromatic rings. The third-order valence-corrected chi connectivity index (χ3v) is 9.00. The molecule has 0 radical (unpaired) electrons. The number of hydrogen-bond donors (Lipinski definition) is 0. The van der Waals surface area contributed by atoms with E-state index in [1.54, 1.807) is 0 Å². The van der Waals surface area contributed by atoms with Crippen molar-refractivity contribution in [2.24, 2.45) is 0 Å². The van der Waals surface area contributed by atoms with Gasteiger partial charge in [-0.1, -0.05) is 100 Å². The maximum atomic E-state index is 2.48. The summed E-state index contributed by atoms with van der Waals surface area (Å²) in [5.74, 6) is 0. The third-order valence-electron chi connectivity index (χ3n) is 9.00. The number of hydrogen-bond acceptors (Lipinski definition) is 2. The molecule has 2 heterocycles. The summed E-state index contributed by atoms with van der Waals surface area (Å²) in [6.45, 7) is 9.54. The lowest BCUT2D eigenvalue weighted by Gasteiger charge is -2.46. The molecule has 2 aliphatic rings. The van der Waals surface area contributed by atoms with Crippen LogP contribution in [0.5, 0.6) is 0 Å². The Bertz CT molecular complexity index is 1590. The molecular weight excluding hydrogens is 436 g/mol. The molecule has 7 rings (SSSR count). The van der Waals surface area contributed by atoms with Crippen molar-refractivity contribution in [2.45, 2.75) is 38.5 Å². The largest absolute Gasteiger partial charge is 0.344 e. The van der Waals surface area contributed by atoms with E-state index in [1.807, 2.05) is 0 Å². The topological polar surface area (TPSA) is 6.48 Å². The molecule has 36 heavy (non-hydrogen) atoms. The third kappa shape index (κ3) is 2.57. The molecule has 2 nitrogen and oxygen atoms in total. The Balaban J connectivity index is 1.52. The van der Waals surface area contributed by atoms with Gasteiger partial charge in [-0.15, -0.1) is 0 Å². The first-order valence-corrected chi connectivity index (χ1v) is 12.9. The molecule has 0 spiro atoms. The molecular formula is C34H32N2. The van der Waals surface area contributed by atoms with E-state index in [0.29, 0.717) is 0 Å². The lowest BCUT2D eigenvalue weighted by Crippen LogP contribution is -2.35. The first-order chi connectivity index (χ1) is 17.2. The van der Waals surface area contributed by atoms with Gasteiger partial charge in [0.15, 0.2) is 0 Å². The quantitative estimate of drug-likeness (QED) is 0.224. The predicted molar refractivity (Wildman–Crippen MR) is 155 cm³/mol. The van der Waals surface area contributed by atoms with E-state index >= 15 is 0 Å². The van der Waals surface area contributed by atoms with Gasteiger partial charge in [0.05, 0.1) is 11.4 Å². The second-order valence-corrected chi connectivity index (χ2v) is 11.6. The molecule has 0 fully saturated rings. The summed E-state index contributed by atoms with van der Waals surface area (Å²) in [5.41, 5.74) is 10.6. The van der Waals surface area contributed by atoms with Gasteiger partial charge in [0.2, 0.25) is 0 Å². The van der Waals surface area contributed by atoms with Crippen molar-refractivity contribution in [3.05, 3.63) is 107 Å². The lowest BCUT2D eigenvalue weighted by molar-refractivity contribution is 0.613. The standard InChI is InChI=1S/C34H32N2/c1-33(2)25-17-15-21-11-7-9-13-23(21)31(25)35(5)29-20-28-30(19-27(29)33)36(6)32-24-14-10-8-12-22(24)16-18-26(32)34(28,3)4/h7-20H,1-6H3. The van der Waals surface area contributed by atoms with Crippen LogP contribution in [0.15, 0.2) is 84.9 Å². The van der Waals surface area contributed by atoms with E-state index in [2.05, 4.69) is 137 Å². The van der Waals surface area contributed by atoms with Crippen LogP contribution < -0.4 is 9.80 Å². The summed E-state index contributed by atoms with van der Waals surface area (Å²) < 4.78 is 0. The Labute approximate surface area is 213 Å². The molecule has 2 aliphatic heterocycles. The van der Waals surface area contributed by atoms with Crippen molar-refractivity contribution in [2.75, 3.05) is 23.9 Å². The Morgan fingerprint density at radius 3 is 1.28 bits per heavy atom. The molecule has 0 unspecified atom stereocenters. The van der Waals surface area contributed by atoms with Crippen LogP contribution in [0.1, 0.15) is 49.9 Å². The molecule has 0 saturated carbocycles. The number of benzene rings is 5. The zero-order valence-corrected chi connectivity index (χ0v) is 22.0. The van der Waals surface area contributed by atoms with Crippen LogP contribution in [0.25, 0.3) is 21.5 Å². The van der Waals surface area contributed by atoms with Crippen LogP contribution >= 0.6 is 0 Å². The van der Waals surface area contributed by atoms with E-state index in [9.17, 15) is 0 Å². The summed E-state index contributed by atoms with van der Waals surface area (Å²) >= 11 is 0. The van der Waals surface area contributed by atoms with Crippen molar-refractivity contribution in [3.63, 3.8) is 0 Å². The van der Waals surface area contributed by atoms with Crippen LogP contribution in [0, 0.1) is 0 Å². The van der Waals surface area contributed by atoms with E-state index in [-0.39, 0.29) is 10.8 Å². The van der Waals surface area contributed by atoms with E-state index < -0.39 is 0 Å². The van der Waals surface area contributed by atoms with Gasteiger partial charge in [-0.3, -0.25) is 0 Å². The molecule has 0 aromatic heterocycles. The average Bonchev–Trinajstić information content (AvgIpc) is 2.89. The maximum Gasteiger partial charge on any atom is 0.0529 e. The van der Waals surface area contributed by atoms with Crippen molar-refractivity contribution in [1.82, 2.24) is 0 Å². The van der Waals surface area contributed by atoms with E-state index in [4.69, 9.17) is 0 Å². The second kappa shape index (κ2) is 6.91. The smallest absolute Gasteiger partial charge is 0.0529 e. The minimum absolute atomic E-state index is 0.111. The Morgan fingerprint density at radius 1 is 0.472 bits per heavy atom. The molecule has 0 aliphatic carbocycles. The molecule has 0 bridgehead atoms. The minimum Gasteiger partial charge on any atom is -0.344 e. The number of nitrogens with zero attached hydrogens (tertiary/aromatic N) is 2. The van der Waals surface area contributed by atoms with Crippen molar-refractivity contribution in [3.8, 4) is 0 Å². The second-order valence-electron chi connectivity index (χ2n) is 11.6. The Morgan fingerprint density at radius 2 is 0.861 bits per heavy atom. The van der Waals surface area contributed by atoms with Gasteiger partial charge in [-0.05, 0) is 45.2 Å². The molecule has 2 heteroatoms. The van der Waals surface area contributed by atoms with Gasteiger partial charge in [-0.2, -0.15) is 0 Å². The predicted octanol–water partition coefficient (Wildman–Crippen LogP) is 8.81. The van der Waals surface area contributed by atoms with E-state index in [1.165, 1.54) is 66.5 Å². The highest BCUT2D eigenvalue weighted by Crippen LogP contribution is 2.57. The fourth-order valence-electron chi connectivity index (χ4n) is 6.91. The molecule has 0 atom stereocenters. The summed E-state index contributed by atoms with van der Waals surface area (Å²) in [6, 6.07) is 31.8. The molecule has 0 saturated heterocycles. The van der Waals surface area contributed by atoms with Gasteiger partial charge in [0, 0.05) is 47.1 Å². The van der Waals surface area contributed by atoms with Gasteiger partial charge < -0.3 is 9.80 Å². The van der Waals surface area contributed by atoms with Gasteiger partial charge >= 0.3 is 0 Å². The average molecular weight is 469 g/mol. The first kappa shape index (κ1) is 21.5. The summed E-state index contributed by atoms with van der Waals surface area (Å²) in [5, 5.41) is 5.23. The summed E-state index contributed by atoms with van der Waals surface area (Å²) in [4.78, 5) is 4.87. The summed E-state index contributed by atoms with van der Waals surface area (Å²) in [6.07, 6.45) is 0. The number of rotatable bonds is 0. The van der Waals surface area contributed by atoms with Crippen molar-refractivity contribution < 1.29 is 0 Å². The molecule has 178 valence electrons. The molecule has 0 N–H and O–H groups in total. The Hall–Kier alpha value is -3.78. The SMILES string of the molecule is CN1c2cc3c(cc2C(C)(C)c2ccc4ccccc4c21)N(C)c1c(ccc2ccccc12)C3(C)C. The van der Waals surface area contributed by atoms with Gasteiger partial charge in [-0.25, -0.2) is 0 Å². The van der Waals surface area contributed by atoms with Crippen LogP contribution in [-0.2, 0) is 10.8 Å². The number of anilines is 4. The fourth-order valence-corrected chi connectivity index (χ4v) is 6.91. The lowest BCUT2D eigenvalue weighted by atomic mass is 9.68. The molecule has 5 aromatic carbocycles. The van der Waals surface area contributed by atoms with Gasteiger partial charge in [0.1, 0.15) is 0 Å². The highest BCUT2D eigenvalue weighted by atomic mass is 15.1. The maximum absolute atomic E-state index is 2.48. The van der Waals surface area contributed by atoms with E-state index in [0.717, 1.165) is 0 Å². The van der Waals surface area contributed by atoms with Gasteiger partial charge in [0.25, 0.3) is 0 Å². The van der Waals surface area contributed by atoms with Crippen LogP contribution in [0.2, 0.25) is 0 Å². The van der Waals surface area contributed by atoms with Crippen LogP contribution in [0.4, 0.5) is 22.7 Å². The van der Waals surface area contributed by atoms with Crippen molar-refractivity contribution in [1.29, 1.82) is 0 Å². The van der Waals surface area contributed by atoms with Crippen LogP contribution in [0.3, 0.4) is 0 Å². The highest BCUT2D eigenvalue weighted by Gasteiger charge is 2.41. The normalized spacial score (nSPS) is 16.9.